The standard InChI is InChI=1S/C51H86O4/c1-3-5-7-9-11-13-15-17-19-21-23-25-26-27-28-30-32-34-36-38-40-42-44-46-51(53)55-50(48-52)49-54-47-45-43-41-39-37-35-33-31-29-24-22-20-18-16-14-12-10-8-6-4-2/h5,7,11-14,17-20,23,25,27-28,32,34,50,52H,3-4,6,8-10,15-16,21-22,24,26,29-31,33,35-49H2,1-2H3/b7-5-,13-11-,14-12-,19-17-,20-18-,25-23-,28-27-,34-32-. The maximum atomic E-state index is 12.2. The SMILES string of the molecule is CC/C=C\C/C=C\C/C=C\C/C=C\C/C=C\C/C=C\CCCCCCC(=O)OC(CO)COCCCCCCCCCCCC/C=C\C/C=C\CCCCC. The molecule has 0 heterocycles. The molecule has 4 nitrogen and oxygen atoms in total. The maximum absolute atomic E-state index is 12.2. The number of carbonyl (C=O) groups is 1. The van der Waals surface area contributed by atoms with Crippen molar-refractivity contribution < 1.29 is 19.4 Å². The van der Waals surface area contributed by atoms with Crippen LogP contribution in [0.2, 0.25) is 0 Å². The van der Waals surface area contributed by atoms with Gasteiger partial charge in [0, 0.05) is 13.0 Å². The molecule has 1 unspecified atom stereocenters. The third-order valence-electron chi connectivity index (χ3n) is 9.39. The fourth-order valence-corrected chi connectivity index (χ4v) is 6.01. The van der Waals surface area contributed by atoms with Gasteiger partial charge in [0.1, 0.15) is 6.10 Å². The molecule has 55 heavy (non-hydrogen) atoms. The Bertz CT molecular complexity index is 1030. The lowest BCUT2D eigenvalue weighted by Gasteiger charge is -2.15. The van der Waals surface area contributed by atoms with Crippen molar-refractivity contribution in [1.29, 1.82) is 0 Å². The summed E-state index contributed by atoms with van der Waals surface area (Å²) in [5.74, 6) is -0.229. The van der Waals surface area contributed by atoms with E-state index in [4.69, 9.17) is 9.47 Å². The summed E-state index contributed by atoms with van der Waals surface area (Å²) in [4.78, 5) is 12.2. The van der Waals surface area contributed by atoms with E-state index in [0.29, 0.717) is 13.0 Å². The van der Waals surface area contributed by atoms with Gasteiger partial charge in [0.25, 0.3) is 0 Å². The van der Waals surface area contributed by atoms with Crippen LogP contribution in [0.4, 0.5) is 0 Å². The van der Waals surface area contributed by atoms with Gasteiger partial charge >= 0.3 is 5.97 Å². The van der Waals surface area contributed by atoms with Crippen LogP contribution in [0.3, 0.4) is 0 Å². The van der Waals surface area contributed by atoms with Gasteiger partial charge in [-0.2, -0.15) is 0 Å². The van der Waals surface area contributed by atoms with Crippen molar-refractivity contribution in [1.82, 2.24) is 0 Å². The normalized spacial score (nSPS) is 13.3. The van der Waals surface area contributed by atoms with Gasteiger partial charge in [-0.1, -0.05) is 188 Å². The van der Waals surface area contributed by atoms with Crippen LogP contribution in [0, 0.1) is 0 Å². The summed E-state index contributed by atoms with van der Waals surface area (Å²) in [5.41, 5.74) is 0. The van der Waals surface area contributed by atoms with Crippen LogP contribution in [0.1, 0.15) is 194 Å². The molecule has 314 valence electrons. The average molecular weight is 763 g/mol. The number of hydrogen-bond acceptors (Lipinski definition) is 4. The molecule has 1 N–H and O–H groups in total. The zero-order chi connectivity index (χ0) is 39.8. The topological polar surface area (TPSA) is 55.8 Å². The largest absolute Gasteiger partial charge is 0.457 e. The summed E-state index contributed by atoms with van der Waals surface area (Å²) >= 11 is 0. The summed E-state index contributed by atoms with van der Waals surface area (Å²) in [5, 5.41) is 9.62. The number of allylic oxidation sites excluding steroid dienone is 16. The summed E-state index contributed by atoms with van der Waals surface area (Å²) in [6, 6.07) is 0. The highest BCUT2D eigenvalue weighted by molar-refractivity contribution is 5.69. The minimum absolute atomic E-state index is 0.189. The molecule has 0 amide bonds. The van der Waals surface area contributed by atoms with E-state index in [9.17, 15) is 9.90 Å². The highest BCUT2D eigenvalue weighted by atomic mass is 16.6. The predicted octanol–water partition coefficient (Wildman–Crippen LogP) is 15.3. The predicted molar refractivity (Wildman–Crippen MR) is 242 cm³/mol. The zero-order valence-electron chi connectivity index (χ0n) is 35.9. The molecule has 0 saturated carbocycles. The Balaban J connectivity index is 3.54. The van der Waals surface area contributed by atoms with Gasteiger partial charge in [-0.15, -0.1) is 0 Å². The average Bonchev–Trinajstić information content (AvgIpc) is 3.19. The molecule has 4 heteroatoms. The number of ether oxygens (including phenoxy) is 2. The first-order chi connectivity index (χ1) is 27.2. The Hall–Kier alpha value is -2.69. The second-order valence-electron chi connectivity index (χ2n) is 14.7. The molecule has 0 aromatic heterocycles. The van der Waals surface area contributed by atoms with Crippen molar-refractivity contribution in [2.75, 3.05) is 19.8 Å². The number of unbranched alkanes of at least 4 members (excludes halogenated alkanes) is 17. The van der Waals surface area contributed by atoms with E-state index in [1.165, 1.54) is 89.9 Å². The number of aliphatic hydroxyl groups is 1. The van der Waals surface area contributed by atoms with E-state index in [2.05, 4.69) is 111 Å². The summed E-state index contributed by atoms with van der Waals surface area (Å²) in [7, 11) is 0. The van der Waals surface area contributed by atoms with Gasteiger partial charge < -0.3 is 14.6 Å². The minimum atomic E-state index is -0.557. The molecule has 0 aromatic carbocycles. The van der Waals surface area contributed by atoms with E-state index in [-0.39, 0.29) is 19.2 Å². The molecule has 0 rings (SSSR count). The van der Waals surface area contributed by atoms with E-state index in [0.717, 1.165) is 83.5 Å². The van der Waals surface area contributed by atoms with Crippen LogP contribution < -0.4 is 0 Å². The van der Waals surface area contributed by atoms with Crippen LogP contribution in [0.5, 0.6) is 0 Å². The smallest absolute Gasteiger partial charge is 0.306 e. The van der Waals surface area contributed by atoms with Gasteiger partial charge in [-0.3, -0.25) is 4.79 Å². The number of hydrogen-bond donors (Lipinski definition) is 1. The van der Waals surface area contributed by atoms with Crippen molar-refractivity contribution in [2.24, 2.45) is 0 Å². The monoisotopic (exact) mass is 763 g/mol. The third kappa shape index (κ3) is 45.6. The molecule has 0 aliphatic rings. The van der Waals surface area contributed by atoms with E-state index < -0.39 is 6.10 Å². The fourth-order valence-electron chi connectivity index (χ4n) is 6.01. The van der Waals surface area contributed by atoms with Crippen molar-refractivity contribution in [2.45, 2.75) is 200 Å². The zero-order valence-corrected chi connectivity index (χ0v) is 35.9. The quantitative estimate of drug-likeness (QED) is 0.0383. The lowest BCUT2D eigenvalue weighted by molar-refractivity contribution is -0.154. The summed E-state index contributed by atoms with van der Waals surface area (Å²) in [6.07, 6.45) is 67.5. The molecule has 1 atom stereocenters. The van der Waals surface area contributed by atoms with Crippen molar-refractivity contribution in [3.8, 4) is 0 Å². The van der Waals surface area contributed by atoms with Gasteiger partial charge in [-0.05, 0) is 96.3 Å². The van der Waals surface area contributed by atoms with Crippen LogP contribution in [-0.4, -0.2) is 37.0 Å². The Morgan fingerprint density at radius 3 is 1.24 bits per heavy atom. The number of esters is 1. The number of carbonyl (C=O) groups excluding carboxylic acids is 1. The Kier molecular flexibility index (Phi) is 45.1. The second kappa shape index (κ2) is 47.5. The van der Waals surface area contributed by atoms with Gasteiger partial charge in [0.15, 0.2) is 0 Å². The number of rotatable bonds is 41. The fraction of sp³-hybridized carbons (Fsp3) is 0.667. The molecule has 0 saturated heterocycles. The summed E-state index contributed by atoms with van der Waals surface area (Å²) in [6.45, 7) is 5.17. The highest BCUT2D eigenvalue weighted by Crippen LogP contribution is 2.13. The van der Waals surface area contributed by atoms with Crippen molar-refractivity contribution in [3.05, 3.63) is 97.2 Å². The molecule has 0 radical (unpaired) electrons. The minimum Gasteiger partial charge on any atom is -0.457 e. The van der Waals surface area contributed by atoms with E-state index in [1.807, 2.05) is 0 Å². The molecule has 0 bridgehead atoms. The molecule has 0 aliphatic carbocycles. The summed E-state index contributed by atoms with van der Waals surface area (Å²) < 4.78 is 11.2. The Morgan fingerprint density at radius 2 is 0.818 bits per heavy atom. The first-order valence-electron chi connectivity index (χ1n) is 22.8. The Morgan fingerprint density at radius 1 is 0.455 bits per heavy atom. The van der Waals surface area contributed by atoms with Crippen molar-refractivity contribution >= 4 is 5.97 Å². The van der Waals surface area contributed by atoms with Gasteiger partial charge in [0.2, 0.25) is 0 Å². The van der Waals surface area contributed by atoms with Crippen molar-refractivity contribution in [3.63, 3.8) is 0 Å². The van der Waals surface area contributed by atoms with Crippen LogP contribution in [-0.2, 0) is 14.3 Å². The molecule has 0 fully saturated rings. The highest BCUT2D eigenvalue weighted by Gasteiger charge is 2.13. The molecule has 0 spiro atoms. The molecule has 0 aromatic rings. The lowest BCUT2D eigenvalue weighted by atomic mass is 10.1. The third-order valence-corrected chi connectivity index (χ3v) is 9.39. The maximum Gasteiger partial charge on any atom is 0.306 e. The van der Waals surface area contributed by atoms with Gasteiger partial charge in [-0.25, -0.2) is 0 Å². The van der Waals surface area contributed by atoms with Gasteiger partial charge in [0.05, 0.1) is 13.2 Å². The van der Waals surface area contributed by atoms with Crippen LogP contribution in [0.15, 0.2) is 97.2 Å². The Labute approximate surface area is 341 Å². The molecular weight excluding hydrogens is 677 g/mol. The van der Waals surface area contributed by atoms with Crippen LogP contribution in [0.25, 0.3) is 0 Å². The molecular formula is C51H86O4. The van der Waals surface area contributed by atoms with Crippen LogP contribution >= 0.6 is 0 Å². The molecule has 0 aliphatic heterocycles. The first-order valence-corrected chi connectivity index (χ1v) is 22.8. The van der Waals surface area contributed by atoms with E-state index in [1.54, 1.807) is 0 Å². The number of aliphatic hydroxyl groups excluding tert-OH is 1. The van der Waals surface area contributed by atoms with E-state index >= 15 is 0 Å². The second-order valence-corrected chi connectivity index (χ2v) is 14.7. The lowest BCUT2D eigenvalue weighted by Crippen LogP contribution is -2.27. The first kappa shape index (κ1) is 52.3.